The van der Waals surface area contributed by atoms with Gasteiger partial charge in [-0.05, 0) is 42.4 Å². The van der Waals surface area contributed by atoms with Crippen LogP contribution in [0.2, 0.25) is 0 Å². The molecule has 0 aliphatic carbocycles. The summed E-state index contributed by atoms with van der Waals surface area (Å²) in [5.41, 5.74) is 7.05. The van der Waals surface area contributed by atoms with E-state index in [0.29, 0.717) is 29.5 Å². The van der Waals surface area contributed by atoms with E-state index in [1.54, 1.807) is 25.3 Å². The SMILES string of the molecule is COc1ccc(N)c(NC(=O)CC2CCSCC2)c1. The maximum atomic E-state index is 12.0. The number of carbonyl (C=O) groups is 1. The van der Waals surface area contributed by atoms with Crippen molar-refractivity contribution in [2.75, 3.05) is 29.7 Å². The molecule has 0 bridgehead atoms. The highest BCUT2D eigenvalue weighted by Crippen LogP contribution is 2.27. The van der Waals surface area contributed by atoms with Gasteiger partial charge in [-0.3, -0.25) is 4.79 Å². The molecule has 5 heteroatoms. The number of hydrogen-bond donors (Lipinski definition) is 2. The minimum atomic E-state index is 0.0388. The van der Waals surface area contributed by atoms with Crippen LogP contribution in [0.15, 0.2) is 18.2 Å². The maximum absolute atomic E-state index is 12.0. The maximum Gasteiger partial charge on any atom is 0.224 e. The molecule has 1 saturated heterocycles. The lowest BCUT2D eigenvalue weighted by molar-refractivity contribution is -0.117. The molecule has 4 nitrogen and oxygen atoms in total. The predicted molar refractivity (Wildman–Crippen MR) is 80.7 cm³/mol. The third-order valence-electron chi connectivity index (χ3n) is 3.35. The number of rotatable bonds is 4. The number of thioether (sulfide) groups is 1. The van der Waals surface area contributed by atoms with Crippen molar-refractivity contribution in [3.63, 3.8) is 0 Å². The van der Waals surface area contributed by atoms with Gasteiger partial charge in [0.25, 0.3) is 0 Å². The fourth-order valence-corrected chi connectivity index (χ4v) is 3.39. The van der Waals surface area contributed by atoms with Crippen molar-refractivity contribution in [1.29, 1.82) is 0 Å². The van der Waals surface area contributed by atoms with E-state index < -0.39 is 0 Å². The summed E-state index contributed by atoms with van der Waals surface area (Å²) in [6.07, 6.45) is 2.84. The fraction of sp³-hybridized carbons (Fsp3) is 0.500. The monoisotopic (exact) mass is 280 g/mol. The van der Waals surface area contributed by atoms with Crippen molar-refractivity contribution in [2.45, 2.75) is 19.3 Å². The molecular weight excluding hydrogens is 260 g/mol. The highest BCUT2D eigenvalue weighted by molar-refractivity contribution is 7.99. The topological polar surface area (TPSA) is 64.3 Å². The first-order chi connectivity index (χ1) is 9.19. The highest BCUT2D eigenvalue weighted by atomic mass is 32.2. The molecule has 1 amide bonds. The van der Waals surface area contributed by atoms with Gasteiger partial charge in [0.1, 0.15) is 5.75 Å². The first-order valence-corrected chi connectivity index (χ1v) is 7.65. The molecule has 19 heavy (non-hydrogen) atoms. The van der Waals surface area contributed by atoms with E-state index >= 15 is 0 Å². The zero-order valence-electron chi connectivity index (χ0n) is 11.1. The van der Waals surface area contributed by atoms with E-state index in [0.717, 1.165) is 12.8 Å². The number of benzene rings is 1. The minimum absolute atomic E-state index is 0.0388. The molecule has 0 saturated carbocycles. The second-order valence-electron chi connectivity index (χ2n) is 4.76. The van der Waals surface area contributed by atoms with Crippen LogP contribution in [-0.2, 0) is 4.79 Å². The van der Waals surface area contributed by atoms with Crippen molar-refractivity contribution in [2.24, 2.45) is 5.92 Å². The lowest BCUT2D eigenvalue weighted by Gasteiger charge is -2.20. The van der Waals surface area contributed by atoms with Gasteiger partial charge >= 0.3 is 0 Å². The molecular formula is C14H20N2O2S. The molecule has 1 aromatic rings. The second kappa shape index (κ2) is 6.70. The standard InChI is InChI=1S/C14H20N2O2S/c1-18-11-2-3-12(15)13(9-11)16-14(17)8-10-4-6-19-7-5-10/h2-3,9-10H,4-8,15H2,1H3,(H,16,17). The summed E-state index contributed by atoms with van der Waals surface area (Å²) < 4.78 is 5.13. The van der Waals surface area contributed by atoms with Crippen LogP contribution in [0.3, 0.4) is 0 Å². The van der Waals surface area contributed by atoms with Gasteiger partial charge in [0.2, 0.25) is 5.91 Å². The summed E-state index contributed by atoms with van der Waals surface area (Å²) in [4.78, 5) is 12.0. The van der Waals surface area contributed by atoms with Crippen LogP contribution in [0.25, 0.3) is 0 Å². The normalized spacial score (nSPS) is 16.1. The van der Waals surface area contributed by atoms with Gasteiger partial charge < -0.3 is 15.8 Å². The van der Waals surface area contributed by atoms with E-state index in [1.807, 2.05) is 11.8 Å². The van der Waals surface area contributed by atoms with Crippen LogP contribution < -0.4 is 15.8 Å². The lowest BCUT2D eigenvalue weighted by Crippen LogP contribution is -2.20. The van der Waals surface area contributed by atoms with Gasteiger partial charge in [0.05, 0.1) is 18.5 Å². The van der Waals surface area contributed by atoms with Crippen molar-refractivity contribution in [3.05, 3.63) is 18.2 Å². The van der Waals surface area contributed by atoms with Crippen molar-refractivity contribution >= 4 is 29.0 Å². The summed E-state index contributed by atoms with van der Waals surface area (Å²) in [5, 5.41) is 2.88. The van der Waals surface area contributed by atoms with Crippen molar-refractivity contribution in [3.8, 4) is 5.75 Å². The van der Waals surface area contributed by atoms with E-state index in [1.165, 1.54) is 11.5 Å². The first kappa shape index (κ1) is 14.1. The first-order valence-electron chi connectivity index (χ1n) is 6.50. The highest BCUT2D eigenvalue weighted by Gasteiger charge is 2.17. The summed E-state index contributed by atoms with van der Waals surface area (Å²) in [5.74, 6) is 3.57. The van der Waals surface area contributed by atoms with Gasteiger partial charge in [-0.2, -0.15) is 11.8 Å². The average molecular weight is 280 g/mol. The summed E-state index contributed by atoms with van der Waals surface area (Å²) in [6, 6.07) is 5.28. The largest absolute Gasteiger partial charge is 0.497 e. The Morgan fingerprint density at radius 3 is 2.89 bits per heavy atom. The average Bonchev–Trinajstić information content (AvgIpc) is 2.42. The number of nitrogen functional groups attached to an aromatic ring is 1. The van der Waals surface area contributed by atoms with E-state index in [9.17, 15) is 4.79 Å². The van der Waals surface area contributed by atoms with Crippen LogP contribution in [0, 0.1) is 5.92 Å². The molecule has 1 aliphatic heterocycles. The Morgan fingerprint density at radius 1 is 1.47 bits per heavy atom. The van der Waals surface area contributed by atoms with E-state index in [-0.39, 0.29) is 5.91 Å². The Balaban J connectivity index is 1.94. The Labute approximate surface area is 118 Å². The second-order valence-corrected chi connectivity index (χ2v) is 5.99. The lowest BCUT2D eigenvalue weighted by atomic mass is 9.98. The summed E-state index contributed by atoms with van der Waals surface area (Å²) in [7, 11) is 1.59. The van der Waals surface area contributed by atoms with Crippen molar-refractivity contribution < 1.29 is 9.53 Å². The van der Waals surface area contributed by atoms with Gasteiger partial charge in [-0.15, -0.1) is 0 Å². The van der Waals surface area contributed by atoms with Crippen LogP contribution in [0.1, 0.15) is 19.3 Å². The fourth-order valence-electron chi connectivity index (χ4n) is 2.18. The Hall–Kier alpha value is -1.36. The summed E-state index contributed by atoms with van der Waals surface area (Å²) >= 11 is 1.97. The molecule has 104 valence electrons. The number of methoxy groups -OCH3 is 1. The Bertz CT molecular complexity index is 445. The molecule has 0 atom stereocenters. The minimum Gasteiger partial charge on any atom is -0.497 e. The molecule has 1 aliphatic rings. The molecule has 3 N–H and O–H groups in total. The van der Waals surface area contributed by atoms with Crippen molar-refractivity contribution in [1.82, 2.24) is 0 Å². The molecule has 1 aromatic carbocycles. The zero-order valence-corrected chi connectivity index (χ0v) is 12.0. The number of amides is 1. The van der Waals surface area contributed by atoms with Crippen LogP contribution in [0.4, 0.5) is 11.4 Å². The van der Waals surface area contributed by atoms with Gasteiger partial charge in [0, 0.05) is 12.5 Å². The molecule has 1 fully saturated rings. The third kappa shape index (κ3) is 4.06. The Kier molecular flexibility index (Phi) is 4.96. The van der Waals surface area contributed by atoms with Crippen LogP contribution in [-0.4, -0.2) is 24.5 Å². The molecule has 0 unspecified atom stereocenters. The third-order valence-corrected chi connectivity index (χ3v) is 4.40. The van der Waals surface area contributed by atoms with Crippen LogP contribution >= 0.6 is 11.8 Å². The quantitative estimate of drug-likeness (QED) is 0.832. The molecule has 1 heterocycles. The molecule has 0 spiro atoms. The number of hydrogen-bond acceptors (Lipinski definition) is 4. The summed E-state index contributed by atoms with van der Waals surface area (Å²) in [6.45, 7) is 0. The smallest absolute Gasteiger partial charge is 0.224 e. The van der Waals surface area contributed by atoms with E-state index in [4.69, 9.17) is 10.5 Å². The number of anilines is 2. The number of carbonyl (C=O) groups excluding carboxylic acids is 1. The van der Waals surface area contributed by atoms with Gasteiger partial charge in [-0.25, -0.2) is 0 Å². The molecule has 0 radical (unpaired) electrons. The number of nitrogens with one attached hydrogen (secondary N) is 1. The van der Waals surface area contributed by atoms with Gasteiger partial charge in [-0.1, -0.05) is 0 Å². The number of ether oxygens (including phenoxy) is 1. The zero-order chi connectivity index (χ0) is 13.7. The predicted octanol–water partition coefficient (Wildman–Crippen LogP) is 2.75. The van der Waals surface area contributed by atoms with E-state index in [2.05, 4.69) is 5.32 Å². The van der Waals surface area contributed by atoms with Gasteiger partial charge in [0.15, 0.2) is 0 Å². The Morgan fingerprint density at radius 2 is 2.21 bits per heavy atom. The number of nitrogens with two attached hydrogens (primary N) is 1. The van der Waals surface area contributed by atoms with Crippen LogP contribution in [0.5, 0.6) is 5.75 Å². The molecule has 2 rings (SSSR count). The molecule has 0 aromatic heterocycles.